The summed E-state index contributed by atoms with van der Waals surface area (Å²) in [5.41, 5.74) is 1.73. The zero-order valence-electron chi connectivity index (χ0n) is 13.0. The summed E-state index contributed by atoms with van der Waals surface area (Å²) in [6, 6.07) is 8.52. The third-order valence-corrected chi connectivity index (χ3v) is 5.25. The van der Waals surface area contributed by atoms with Gasteiger partial charge in [-0.1, -0.05) is 48.0 Å². The van der Waals surface area contributed by atoms with Gasteiger partial charge in [0.2, 0.25) is 0 Å². The van der Waals surface area contributed by atoms with Crippen LogP contribution in [0.15, 0.2) is 28.7 Å². The Labute approximate surface area is 132 Å². The Morgan fingerprint density at radius 2 is 2.10 bits per heavy atom. The largest absolute Gasteiger partial charge is 0.316 e. The fourth-order valence-corrected chi connectivity index (χ4v) is 3.73. The molecule has 2 nitrogen and oxygen atoms in total. The predicted octanol–water partition coefficient (Wildman–Crippen LogP) is 3.91. The van der Waals surface area contributed by atoms with Crippen molar-refractivity contribution in [3.05, 3.63) is 34.3 Å². The predicted molar refractivity (Wildman–Crippen MR) is 89.9 cm³/mol. The van der Waals surface area contributed by atoms with Gasteiger partial charge in [0.05, 0.1) is 0 Å². The Morgan fingerprint density at radius 3 is 2.75 bits per heavy atom. The summed E-state index contributed by atoms with van der Waals surface area (Å²) in [5.74, 6) is 0.790. The second-order valence-electron chi connectivity index (χ2n) is 6.80. The van der Waals surface area contributed by atoms with E-state index in [9.17, 15) is 0 Å². The summed E-state index contributed by atoms with van der Waals surface area (Å²) < 4.78 is 1.21. The summed E-state index contributed by atoms with van der Waals surface area (Å²) in [6.45, 7) is 9.35. The van der Waals surface area contributed by atoms with Crippen molar-refractivity contribution >= 4 is 15.9 Å². The normalized spacial score (nSPS) is 20.4. The van der Waals surface area contributed by atoms with E-state index < -0.39 is 0 Å². The van der Waals surface area contributed by atoms with E-state index in [-0.39, 0.29) is 0 Å². The Kier molecular flexibility index (Phi) is 5.65. The fraction of sp³-hybridized carbons (Fsp3) is 0.647. The van der Waals surface area contributed by atoms with E-state index in [2.05, 4.69) is 71.3 Å². The van der Waals surface area contributed by atoms with Crippen LogP contribution in [-0.4, -0.2) is 31.6 Å². The van der Waals surface area contributed by atoms with Crippen LogP contribution in [0.1, 0.15) is 32.3 Å². The number of hydrogen-bond acceptors (Lipinski definition) is 2. The number of nitrogens with one attached hydrogen (secondary N) is 1. The minimum atomic E-state index is 0.365. The average molecular weight is 339 g/mol. The molecule has 1 aliphatic rings. The van der Waals surface area contributed by atoms with Crippen LogP contribution in [0.3, 0.4) is 0 Å². The number of rotatable bonds is 5. The molecule has 0 amide bonds. The summed E-state index contributed by atoms with van der Waals surface area (Å²) in [5, 5.41) is 3.55. The summed E-state index contributed by atoms with van der Waals surface area (Å²) in [7, 11) is 2.23. The number of hydrogen-bond donors (Lipinski definition) is 1. The van der Waals surface area contributed by atoms with E-state index in [0.29, 0.717) is 5.41 Å². The molecular formula is C17H27BrN2. The molecule has 3 heteroatoms. The van der Waals surface area contributed by atoms with E-state index in [1.54, 1.807) is 0 Å². The van der Waals surface area contributed by atoms with Gasteiger partial charge in [0.1, 0.15) is 0 Å². The lowest BCUT2D eigenvalue weighted by Gasteiger charge is -2.40. The standard InChI is InChI=1S/C17H27BrN2/c1-17(2,15-8-6-10-19-11-15)13-20(3)12-14-7-4-5-9-16(14)18/h4-5,7,9,15,19H,6,8,10-13H2,1-3H3. The topological polar surface area (TPSA) is 15.3 Å². The van der Waals surface area contributed by atoms with Crippen LogP contribution in [0, 0.1) is 11.3 Å². The molecule has 1 N–H and O–H groups in total. The van der Waals surface area contributed by atoms with E-state index in [1.807, 2.05) is 0 Å². The third kappa shape index (κ3) is 4.31. The van der Waals surface area contributed by atoms with Crippen molar-refractivity contribution in [2.75, 3.05) is 26.7 Å². The Hall–Kier alpha value is -0.380. The highest BCUT2D eigenvalue weighted by molar-refractivity contribution is 9.10. The second kappa shape index (κ2) is 7.06. The molecule has 1 heterocycles. The minimum Gasteiger partial charge on any atom is -0.316 e. The van der Waals surface area contributed by atoms with Crippen LogP contribution >= 0.6 is 15.9 Å². The Morgan fingerprint density at radius 1 is 1.35 bits per heavy atom. The van der Waals surface area contributed by atoms with E-state index in [4.69, 9.17) is 0 Å². The van der Waals surface area contributed by atoms with Gasteiger partial charge in [0, 0.05) is 17.6 Å². The van der Waals surface area contributed by atoms with E-state index in [1.165, 1.54) is 36.0 Å². The number of halogens is 1. The van der Waals surface area contributed by atoms with Gasteiger partial charge in [-0.05, 0) is 55.9 Å². The molecule has 1 unspecified atom stereocenters. The van der Waals surface area contributed by atoms with Gasteiger partial charge in [-0.2, -0.15) is 0 Å². The zero-order valence-corrected chi connectivity index (χ0v) is 14.5. The molecule has 0 radical (unpaired) electrons. The van der Waals surface area contributed by atoms with Gasteiger partial charge in [-0.3, -0.25) is 0 Å². The molecule has 0 saturated carbocycles. The van der Waals surface area contributed by atoms with Crippen LogP contribution in [0.2, 0.25) is 0 Å². The molecule has 1 atom stereocenters. The highest BCUT2D eigenvalue weighted by atomic mass is 79.9. The molecule has 20 heavy (non-hydrogen) atoms. The first-order valence-electron chi connectivity index (χ1n) is 7.62. The summed E-state index contributed by atoms with van der Waals surface area (Å²) in [4.78, 5) is 2.45. The highest BCUT2D eigenvalue weighted by Gasteiger charge is 2.31. The quantitative estimate of drug-likeness (QED) is 0.875. The maximum absolute atomic E-state index is 3.64. The summed E-state index contributed by atoms with van der Waals surface area (Å²) >= 11 is 3.64. The van der Waals surface area contributed by atoms with Crippen molar-refractivity contribution < 1.29 is 0 Å². The molecule has 0 spiro atoms. The first kappa shape index (κ1) is 16.0. The molecule has 1 aromatic rings. The zero-order chi connectivity index (χ0) is 14.6. The maximum atomic E-state index is 3.64. The molecule has 0 bridgehead atoms. The molecule has 0 aromatic heterocycles. The average Bonchev–Trinajstić information content (AvgIpc) is 2.42. The molecule has 1 aliphatic heterocycles. The molecule has 1 aromatic carbocycles. The van der Waals surface area contributed by atoms with Crippen molar-refractivity contribution in [1.82, 2.24) is 10.2 Å². The van der Waals surface area contributed by atoms with Crippen LogP contribution in [0.4, 0.5) is 0 Å². The van der Waals surface area contributed by atoms with Crippen LogP contribution in [0.25, 0.3) is 0 Å². The van der Waals surface area contributed by atoms with Crippen molar-refractivity contribution in [2.45, 2.75) is 33.2 Å². The van der Waals surface area contributed by atoms with Gasteiger partial charge >= 0.3 is 0 Å². The SMILES string of the molecule is CN(Cc1ccccc1Br)CC(C)(C)C1CCCNC1. The molecule has 0 aliphatic carbocycles. The van der Waals surface area contributed by atoms with E-state index in [0.717, 1.165) is 19.0 Å². The van der Waals surface area contributed by atoms with Crippen LogP contribution in [-0.2, 0) is 6.54 Å². The third-order valence-electron chi connectivity index (χ3n) is 4.48. The number of nitrogens with zero attached hydrogens (tertiary/aromatic N) is 1. The van der Waals surface area contributed by atoms with Crippen LogP contribution < -0.4 is 5.32 Å². The Balaban J connectivity index is 1.93. The van der Waals surface area contributed by atoms with Gasteiger partial charge in [0.15, 0.2) is 0 Å². The van der Waals surface area contributed by atoms with Crippen LogP contribution in [0.5, 0.6) is 0 Å². The molecule has 2 rings (SSSR count). The smallest absolute Gasteiger partial charge is 0.0242 e. The number of piperidine rings is 1. The van der Waals surface area contributed by atoms with Crippen molar-refractivity contribution in [1.29, 1.82) is 0 Å². The van der Waals surface area contributed by atoms with Gasteiger partial charge in [-0.15, -0.1) is 0 Å². The lowest BCUT2D eigenvalue weighted by molar-refractivity contribution is 0.111. The lowest BCUT2D eigenvalue weighted by Crippen LogP contribution is -2.43. The van der Waals surface area contributed by atoms with Gasteiger partial charge in [0.25, 0.3) is 0 Å². The van der Waals surface area contributed by atoms with Crippen molar-refractivity contribution in [2.24, 2.45) is 11.3 Å². The second-order valence-corrected chi connectivity index (χ2v) is 7.65. The monoisotopic (exact) mass is 338 g/mol. The maximum Gasteiger partial charge on any atom is 0.0242 e. The van der Waals surface area contributed by atoms with Gasteiger partial charge < -0.3 is 10.2 Å². The first-order valence-corrected chi connectivity index (χ1v) is 8.41. The van der Waals surface area contributed by atoms with Crippen molar-refractivity contribution in [3.8, 4) is 0 Å². The van der Waals surface area contributed by atoms with E-state index >= 15 is 0 Å². The van der Waals surface area contributed by atoms with Crippen molar-refractivity contribution in [3.63, 3.8) is 0 Å². The Bertz CT molecular complexity index is 425. The lowest BCUT2D eigenvalue weighted by atomic mass is 9.74. The minimum absolute atomic E-state index is 0.365. The molecule has 112 valence electrons. The molecule has 1 fully saturated rings. The fourth-order valence-electron chi connectivity index (χ4n) is 3.32. The summed E-state index contributed by atoms with van der Waals surface area (Å²) in [6.07, 6.45) is 2.69. The number of benzene rings is 1. The van der Waals surface area contributed by atoms with Gasteiger partial charge in [-0.25, -0.2) is 0 Å². The highest BCUT2D eigenvalue weighted by Crippen LogP contribution is 2.32. The molecular weight excluding hydrogens is 312 g/mol. The first-order chi connectivity index (χ1) is 9.49. The molecule has 1 saturated heterocycles.